The van der Waals surface area contributed by atoms with Gasteiger partial charge in [0.2, 0.25) is 17.7 Å². The molecule has 9 heteroatoms. The maximum absolute atomic E-state index is 12.2. The van der Waals surface area contributed by atoms with Gasteiger partial charge in [0.1, 0.15) is 23.9 Å². The lowest BCUT2D eigenvalue weighted by Crippen LogP contribution is -2.20. The lowest BCUT2D eigenvalue weighted by molar-refractivity contribution is -0.116. The van der Waals surface area contributed by atoms with Crippen LogP contribution in [-0.2, 0) is 11.3 Å². The highest BCUT2D eigenvalue weighted by Crippen LogP contribution is 2.25. The number of anilines is 2. The highest BCUT2D eigenvalue weighted by atomic mass is 32.2. The summed E-state index contributed by atoms with van der Waals surface area (Å²) in [6, 6.07) is 2.02. The molecule has 0 aliphatic carbocycles. The molecular formula is C13H16N6O2S. The van der Waals surface area contributed by atoms with Crippen molar-refractivity contribution in [1.82, 2.24) is 14.8 Å². The Hall–Kier alpha value is -2.47. The molecule has 2 heterocycles. The van der Waals surface area contributed by atoms with E-state index in [1.54, 1.807) is 13.8 Å². The Morgan fingerprint density at radius 3 is 2.86 bits per heavy atom. The van der Waals surface area contributed by atoms with Crippen molar-refractivity contribution >= 4 is 29.5 Å². The highest BCUT2D eigenvalue weighted by molar-refractivity contribution is 7.99. The summed E-state index contributed by atoms with van der Waals surface area (Å²) in [6.45, 7) is 5.42. The van der Waals surface area contributed by atoms with Crippen LogP contribution < -0.4 is 11.1 Å². The topological polar surface area (TPSA) is 123 Å². The largest absolute Gasteiger partial charge is 0.444 e. The molecule has 0 aliphatic heterocycles. The summed E-state index contributed by atoms with van der Waals surface area (Å²) in [5.74, 6) is 1.33. The van der Waals surface area contributed by atoms with E-state index < -0.39 is 0 Å². The minimum atomic E-state index is -0.366. The second-order valence-electron chi connectivity index (χ2n) is 4.51. The third-order valence-electron chi connectivity index (χ3n) is 3.07. The number of carbonyl (C=O) groups excluding carboxylic acids is 1. The Balaban J connectivity index is 2.16. The van der Waals surface area contributed by atoms with Crippen molar-refractivity contribution in [1.29, 1.82) is 5.26 Å². The minimum Gasteiger partial charge on any atom is -0.444 e. The summed E-state index contributed by atoms with van der Waals surface area (Å²) in [5.41, 5.74) is 6.75. The fourth-order valence-corrected chi connectivity index (χ4v) is 2.51. The molecule has 0 fully saturated rings. The standard InChI is InChI=1S/C13H16N6O2S/c1-4-22-13-18-17-12(15)19(13)6-10(20)16-11-9(5-14)7(2)8(3)21-11/h4,6H2,1-3H3,(H2,15,17)(H,16,20). The summed E-state index contributed by atoms with van der Waals surface area (Å²) in [7, 11) is 0. The first kappa shape index (κ1) is 15.9. The highest BCUT2D eigenvalue weighted by Gasteiger charge is 2.18. The van der Waals surface area contributed by atoms with Gasteiger partial charge in [0.25, 0.3) is 0 Å². The molecule has 1 amide bonds. The number of aryl methyl sites for hydroxylation is 1. The summed E-state index contributed by atoms with van der Waals surface area (Å²) >= 11 is 1.44. The van der Waals surface area contributed by atoms with Crippen molar-refractivity contribution < 1.29 is 9.21 Å². The molecular weight excluding hydrogens is 304 g/mol. The number of thioether (sulfide) groups is 1. The van der Waals surface area contributed by atoms with Gasteiger partial charge in [-0.3, -0.25) is 14.7 Å². The van der Waals surface area contributed by atoms with Crippen molar-refractivity contribution in [2.45, 2.75) is 32.5 Å². The fourth-order valence-electron chi connectivity index (χ4n) is 1.84. The van der Waals surface area contributed by atoms with E-state index in [2.05, 4.69) is 15.5 Å². The minimum absolute atomic E-state index is 0.0508. The zero-order valence-corrected chi connectivity index (χ0v) is 13.3. The van der Waals surface area contributed by atoms with E-state index in [-0.39, 0.29) is 24.3 Å². The number of nitrogens with two attached hydrogens (primary N) is 1. The zero-order chi connectivity index (χ0) is 16.3. The van der Waals surface area contributed by atoms with Crippen LogP contribution in [0.1, 0.15) is 23.8 Å². The van der Waals surface area contributed by atoms with Crippen LogP contribution in [-0.4, -0.2) is 26.4 Å². The predicted octanol–water partition coefficient (Wildman–Crippen LogP) is 1.69. The van der Waals surface area contributed by atoms with Gasteiger partial charge in [-0.1, -0.05) is 18.7 Å². The second-order valence-corrected chi connectivity index (χ2v) is 5.74. The smallest absolute Gasteiger partial charge is 0.246 e. The Morgan fingerprint density at radius 1 is 1.50 bits per heavy atom. The van der Waals surface area contributed by atoms with Crippen LogP contribution in [0.3, 0.4) is 0 Å². The fraction of sp³-hybridized carbons (Fsp3) is 0.385. The number of nitrogens with one attached hydrogen (secondary N) is 1. The van der Waals surface area contributed by atoms with Gasteiger partial charge in [-0.05, 0) is 19.6 Å². The molecule has 2 aromatic rings. The second kappa shape index (κ2) is 6.53. The first-order valence-electron chi connectivity index (χ1n) is 6.59. The number of furan rings is 1. The zero-order valence-electron chi connectivity index (χ0n) is 12.5. The third kappa shape index (κ3) is 3.07. The number of rotatable bonds is 5. The lowest BCUT2D eigenvalue weighted by Gasteiger charge is -2.07. The van der Waals surface area contributed by atoms with Gasteiger partial charge in [-0.15, -0.1) is 10.2 Å². The molecule has 3 N–H and O–H groups in total. The molecule has 116 valence electrons. The number of hydrogen-bond donors (Lipinski definition) is 2. The van der Waals surface area contributed by atoms with Crippen molar-refractivity contribution in [3.8, 4) is 6.07 Å². The summed E-state index contributed by atoms with van der Waals surface area (Å²) in [6.07, 6.45) is 0. The van der Waals surface area contributed by atoms with Crippen molar-refractivity contribution in [2.75, 3.05) is 16.8 Å². The van der Waals surface area contributed by atoms with Gasteiger partial charge in [0.05, 0.1) is 0 Å². The van der Waals surface area contributed by atoms with Gasteiger partial charge in [-0.25, -0.2) is 0 Å². The average molecular weight is 320 g/mol. The molecule has 2 rings (SSSR count). The number of carbonyl (C=O) groups is 1. The Labute approximate surface area is 131 Å². The predicted molar refractivity (Wildman–Crippen MR) is 82.4 cm³/mol. The third-order valence-corrected chi connectivity index (χ3v) is 3.92. The molecule has 0 atom stereocenters. The number of hydrogen-bond acceptors (Lipinski definition) is 7. The summed E-state index contributed by atoms with van der Waals surface area (Å²) in [4.78, 5) is 12.2. The maximum Gasteiger partial charge on any atom is 0.246 e. The number of nitrogen functional groups attached to an aromatic ring is 1. The monoisotopic (exact) mass is 320 g/mol. The molecule has 0 unspecified atom stereocenters. The molecule has 22 heavy (non-hydrogen) atoms. The average Bonchev–Trinajstić information content (AvgIpc) is 2.93. The Morgan fingerprint density at radius 2 is 2.23 bits per heavy atom. The molecule has 0 spiro atoms. The van der Waals surface area contributed by atoms with Gasteiger partial charge in [-0.2, -0.15) is 5.26 Å². The Kier molecular flexibility index (Phi) is 4.72. The number of nitriles is 1. The van der Waals surface area contributed by atoms with Crippen LogP contribution in [0.4, 0.5) is 11.8 Å². The van der Waals surface area contributed by atoms with E-state index >= 15 is 0 Å². The van der Waals surface area contributed by atoms with E-state index in [9.17, 15) is 4.79 Å². The van der Waals surface area contributed by atoms with Crippen LogP contribution in [0.25, 0.3) is 0 Å². The SMILES string of the molecule is CCSc1nnc(N)n1CC(=O)Nc1oc(C)c(C)c1C#N. The van der Waals surface area contributed by atoms with Gasteiger partial charge in [0.15, 0.2) is 5.16 Å². The van der Waals surface area contributed by atoms with E-state index in [4.69, 9.17) is 15.4 Å². The molecule has 0 saturated heterocycles. The summed E-state index contributed by atoms with van der Waals surface area (Å²) in [5, 5.41) is 20.0. The number of amides is 1. The van der Waals surface area contributed by atoms with E-state index in [1.807, 2.05) is 13.0 Å². The van der Waals surface area contributed by atoms with Crippen molar-refractivity contribution in [2.24, 2.45) is 0 Å². The number of aromatic nitrogens is 3. The van der Waals surface area contributed by atoms with Crippen LogP contribution in [0, 0.1) is 25.2 Å². The molecule has 0 saturated carbocycles. The molecule has 0 bridgehead atoms. The molecule has 8 nitrogen and oxygen atoms in total. The normalized spacial score (nSPS) is 10.5. The van der Waals surface area contributed by atoms with Gasteiger partial charge < -0.3 is 10.2 Å². The van der Waals surface area contributed by atoms with Crippen LogP contribution in [0.15, 0.2) is 9.57 Å². The summed E-state index contributed by atoms with van der Waals surface area (Å²) < 4.78 is 6.91. The maximum atomic E-state index is 12.2. The van der Waals surface area contributed by atoms with Crippen LogP contribution >= 0.6 is 11.8 Å². The van der Waals surface area contributed by atoms with Gasteiger partial charge >= 0.3 is 0 Å². The van der Waals surface area contributed by atoms with Crippen LogP contribution in [0.2, 0.25) is 0 Å². The Bertz CT molecular complexity index is 743. The van der Waals surface area contributed by atoms with E-state index in [1.165, 1.54) is 16.3 Å². The molecule has 0 aliphatic rings. The van der Waals surface area contributed by atoms with Crippen LogP contribution in [0.5, 0.6) is 0 Å². The lowest BCUT2D eigenvalue weighted by atomic mass is 10.2. The first-order valence-corrected chi connectivity index (χ1v) is 7.57. The number of nitrogens with zero attached hydrogens (tertiary/aromatic N) is 4. The molecule has 2 aromatic heterocycles. The quantitative estimate of drug-likeness (QED) is 0.803. The van der Waals surface area contributed by atoms with E-state index in [0.717, 1.165) is 5.75 Å². The first-order chi connectivity index (χ1) is 10.5. The molecule has 0 aromatic carbocycles. The van der Waals surface area contributed by atoms with Crippen molar-refractivity contribution in [3.63, 3.8) is 0 Å². The molecule has 0 radical (unpaired) electrons. The van der Waals surface area contributed by atoms with E-state index in [0.29, 0.717) is 22.0 Å². The van der Waals surface area contributed by atoms with Gasteiger partial charge in [0, 0.05) is 5.56 Å². The van der Waals surface area contributed by atoms with Crippen molar-refractivity contribution in [3.05, 3.63) is 16.9 Å².